The lowest BCUT2D eigenvalue weighted by molar-refractivity contribution is 0.388. The third-order valence-corrected chi connectivity index (χ3v) is 7.33. The minimum absolute atomic E-state index is 0.491. The van der Waals surface area contributed by atoms with Gasteiger partial charge in [0.25, 0.3) is 0 Å². The van der Waals surface area contributed by atoms with Crippen LogP contribution in [0, 0.1) is 5.92 Å². The third kappa shape index (κ3) is 3.15. The normalized spacial score (nSPS) is 22.3. The average Bonchev–Trinajstić information content (AvgIpc) is 2.83. The molecule has 2 aromatic rings. The van der Waals surface area contributed by atoms with Gasteiger partial charge in [0.05, 0.1) is 5.76 Å². The fourth-order valence-corrected chi connectivity index (χ4v) is 5.83. The number of hydrogen-bond donors (Lipinski definition) is 1. The van der Waals surface area contributed by atoms with Gasteiger partial charge in [0.2, 0.25) is 0 Å². The monoisotopic (exact) mass is 404 g/mol. The molecule has 1 atom stereocenters. The van der Waals surface area contributed by atoms with E-state index in [-0.39, 0.29) is 0 Å². The summed E-state index contributed by atoms with van der Waals surface area (Å²) in [7, 11) is 0. The second kappa shape index (κ2) is 7.57. The van der Waals surface area contributed by atoms with E-state index in [0.29, 0.717) is 11.7 Å². The molecule has 1 nitrogen and oxygen atoms in total. The third-order valence-electron chi connectivity index (χ3n) is 7.33. The van der Waals surface area contributed by atoms with Crippen molar-refractivity contribution < 1.29 is 5.11 Å². The number of benzene rings is 2. The number of allylic oxidation sites excluding steroid dienone is 10. The van der Waals surface area contributed by atoms with Crippen molar-refractivity contribution in [3.63, 3.8) is 0 Å². The van der Waals surface area contributed by atoms with Gasteiger partial charge in [-0.25, -0.2) is 0 Å². The first-order chi connectivity index (χ1) is 15.3. The molecule has 0 fully saturated rings. The van der Waals surface area contributed by atoms with Gasteiger partial charge in [-0.3, -0.25) is 0 Å². The van der Waals surface area contributed by atoms with Gasteiger partial charge in [0.15, 0.2) is 0 Å². The van der Waals surface area contributed by atoms with Crippen LogP contribution in [-0.2, 0) is 0 Å². The Morgan fingerprint density at radius 3 is 2.16 bits per heavy atom. The van der Waals surface area contributed by atoms with Crippen LogP contribution in [0.5, 0.6) is 0 Å². The molecule has 4 aliphatic rings. The molecular formula is C30H28O. The predicted molar refractivity (Wildman–Crippen MR) is 132 cm³/mol. The number of aliphatic hydroxyl groups excluding tert-OH is 1. The van der Waals surface area contributed by atoms with Crippen LogP contribution in [0.2, 0.25) is 0 Å². The smallest absolute Gasteiger partial charge is 0.0926 e. The first kappa shape index (κ1) is 18.7. The van der Waals surface area contributed by atoms with Gasteiger partial charge in [0, 0.05) is 6.42 Å². The van der Waals surface area contributed by atoms with Crippen molar-refractivity contribution in [2.75, 3.05) is 0 Å². The van der Waals surface area contributed by atoms with E-state index < -0.39 is 0 Å². The van der Waals surface area contributed by atoms with Crippen molar-refractivity contribution in [2.45, 2.75) is 44.9 Å². The topological polar surface area (TPSA) is 20.2 Å². The summed E-state index contributed by atoms with van der Waals surface area (Å²) in [6, 6.07) is 8.96. The van der Waals surface area contributed by atoms with E-state index >= 15 is 0 Å². The maximum absolute atomic E-state index is 9.92. The molecule has 4 aliphatic carbocycles. The Morgan fingerprint density at radius 1 is 0.742 bits per heavy atom. The van der Waals surface area contributed by atoms with Crippen molar-refractivity contribution in [1.29, 1.82) is 0 Å². The van der Waals surface area contributed by atoms with Crippen LogP contribution in [0.1, 0.15) is 56.1 Å². The molecule has 1 N–H and O–H groups in total. The van der Waals surface area contributed by atoms with Gasteiger partial charge in [-0.15, -0.1) is 0 Å². The SMILES string of the molecule is OC1=CC=C(c2c3c(c(C4=CC=C5C=CCCC5C4)c4ccccc24)=CCCC=3)CC1. The summed E-state index contributed by atoms with van der Waals surface area (Å²) in [5, 5.41) is 15.5. The minimum atomic E-state index is 0.491. The minimum Gasteiger partial charge on any atom is -0.512 e. The Morgan fingerprint density at radius 2 is 1.45 bits per heavy atom. The quantitative estimate of drug-likeness (QED) is 0.606. The zero-order valence-electron chi connectivity index (χ0n) is 17.9. The average molecular weight is 405 g/mol. The molecule has 1 heteroatoms. The Labute approximate surface area is 183 Å². The van der Waals surface area contributed by atoms with Gasteiger partial charge >= 0.3 is 0 Å². The van der Waals surface area contributed by atoms with Crippen molar-refractivity contribution in [2.24, 2.45) is 5.92 Å². The fraction of sp³-hybridized carbons (Fsp3) is 0.267. The van der Waals surface area contributed by atoms with Crippen LogP contribution >= 0.6 is 0 Å². The van der Waals surface area contributed by atoms with E-state index in [1.807, 2.05) is 6.08 Å². The lowest BCUT2D eigenvalue weighted by Crippen LogP contribution is -2.34. The molecular weight excluding hydrogens is 376 g/mol. The Hall–Kier alpha value is -3.06. The van der Waals surface area contributed by atoms with Crippen molar-refractivity contribution in [3.8, 4) is 0 Å². The predicted octanol–water partition coefficient (Wildman–Crippen LogP) is 6.49. The summed E-state index contributed by atoms with van der Waals surface area (Å²) >= 11 is 0. The highest BCUT2D eigenvalue weighted by atomic mass is 16.3. The zero-order valence-corrected chi connectivity index (χ0v) is 17.9. The highest BCUT2D eigenvalue weighted by Crippen LogP contribution is 2.39. The molecule has 0 aromatic heterocycles. The maximum Gasteiger partial charge on any atom is 0.0926 e. The number of aliphatic hydroxyl groups is 1. The second-order valence-corrected chi connectivity index (χ2v) is 9.20. The lowest BCUT2D eigenvalue weighted by Gasteiger charge is -2.28. The van der Waals surface area contributed by atoms with Gasteiger partial charge in [0.1, 0.15) is 0 Å². The largest absolute Gasteiger partial charge is 0.512 e. The molecule has 0 saturated carbocycles. The highest BCUT2D eigenvalue weighted by molar-refractivity contribution is 6.02. The van der Waals surface area contributed by atoms with Gasteiger partial charge in [-0.1, -0.05) is 66.8 Å². The van der Waals surface area contributed by atoms with Gasteiger partial charge < -0.3 is 5.11 Å². The summed E-state index contributed by atoms with van der Waals surface area (Å²) in [4.78, 5) is 0. The first-order valence-electron chi connectivity index (χ1n) is 11.7. The second-order valence-electron chi connectivity index (χ2n) is 9.20. The summed E-state index contributed by atoms with van der Waals surface area (Å²) in [5.74, 6) is 1.14. The van der Waals surface area contributed by atoms with Crippen molar-refractivity contribution in [1.82, 2.24) is 0 Å². The Bertz CT molecular complexity index is 1360. The van der Waals surface area contributed by atoms with E-state index in [2.05, 4.69) is 66.8 Å². The van der Waals surface area contributed by atoms with Gasteiger partial charge in [-0.05, 0) is 99.6 Å². The van der Waals surface area contributed by atoms with Crippen molar-refractivity contribution >= 4 is 34.1 Å². The van der Waals surface area contributed by atoms with Crippen LogP contribution < -0.4 is 10.4 Å². The van der Waals surface area contributed by atoms with Crippen LogP contribution in [-0.4, -0.2) is 5.11 Å². The summed E-state index contributed by atoms with van der Waals surface area (Å²) < 4.78 is 0. The molecule has 0 spiro atoms. The van der Waals surface area contributed by atoms with E-state index in [1.165, 1.54) is 61.9 Å². The highest BCUT2D eigenvalue weighted by Gasteiger charge is 2.24. The van der Waals surface area contributed by atoms with E-state index in [9.17, 15) is 5.11 Å². The first-order valence-corrected chi connectivity index (χ1v) is 11.7. The van der Waals surface area contributed by atoms with Crippen LogP contribution in [0.3, 0.4) is 0 Å². The molecule has 6 rings (SSSR count). The van der Waals surface area contributed by atoms with Crippen LogP contribution in [0.15, 0.2) is 72.1 Å². The van der Waals surface area contributed by atoms with E-state index in [4.69, 9.17) is 0 Å². The molecule has 31 heavy (non-hydrogen) atoms. The number of hydrogen-bond acceptors (Lipinski definition) is 1. The van der Waals surface area contributed by atoms with E-state index in [1.54, 1.807) is 0 Å². The molecule has 2 aromatic carbocycles. The Balaban J connectivity index is 1.65. The summed E-state index contributed by atoms with van der Waals surface area (Å²) in [6.07, 6.45) is 25.8. The summed E-state index contributed by atoms with van der Waals surface area (Å²) in [6.45, 7) is 0. The number of rotatable bonds is 2. The molecule has 0 radical (unpaired) electrons. The molecule has 0 bridgehead atoms. The maximum atomic E-state index is 9.92. The lowest BCUT2D eigenvalue weighted by atomic mass is 9.77. The molecule has 0 heterocycles. The van der Waals surface area contributed by atoms with Gasteiger partial charge in [-0.2, -0.15) is 0 Å². The number of fused-ring (bicyclic) bond motifs is 3. The Kier molecular flexibility index (Phi) is 4.56. The van der Waals surface area contributed by atoms with Crippen LogP contribution in [0.4, 0.5) is 0 Å². The van der Waals surface area contributed by atoms with E-state index in [0.717, 1.165) is 32.1 Å². The standard InChI is InChI=1S/C30H28O/c31-24-17-15-21(16-18-24)29-25-9-3-5-11-27(25)30(28-12-6-4-10-26(28)29)23-14-13-20-7-1-2-8-22(20)19-23/h1,3,5,7,9-15,17,22,31H,2,4,6,8,16,18-19H2. The molecule has 0 aliphatic heterocycles. The summed E-state index contributed by atoms with van der Waals surface area (Å²) in [5.41, 5.74) is 7.16. The molecule has 0 amide bonds. The molecule has 0 saturated heterocycles. The molecule has 154 valence electrons. The zero-order chi connectivity index (χ0) is 20.8. The van der Waals surface area contributed by atoms with Crippen LogP contribution in [0.25, 0.3) is 34.1 Å². The fourth-order valence-electron chi connectivity index (χ4n) is 5.83. The molecule has 1 unspecified atom stereocenters. The van der Waals surface area contributed by atoms with Crippen molar-refractivity contribution in [3.05, 3.63) is 93.6 Å².